The maximum Gasteiger partial charge on any atom is 0.277 e. The molecule has 3 aromatic rings. The molecule has 1 aromatic carbocycles. The number of hydrogen-bond acceptors (Lipinski definition) is 6. The van der Waals surface area contributed by atoms with Crippen LogP contribution in [0.25, 0.3) is 10.9 Å². The highest BCUT2D eigenvalue weighted by Gasteiger charge is 2.21. The van der Waals surface area contributed by atoms with Gasteiger partial charge in [0.05, 0.1) is 5.39 Å². The van der Waals surface area contributed by atoms with Gasteiger partial charge in [-0.1, -0.05) is 23.4 Å². The van der Waals surface area contributed by atoms with Crippen LogP contribution in [-0.4, -0.2) is 57.0 Å². The van der Waals surface area contributed by atoms with Crippen molar-refractivity contribution in [1.29, 1.82) is 0 Å². The Hall–Kier alpha value is -3.29. The smallest absolute Gasteiger partial charge is 0.277 e. The van der Waals surface area contributed by atoms with Crippen molar-refractivity contribution < 1.29 is 4.79 Å². The fourth-order valence-electron chi connectivity index (χ4n) is 3.43. The van der Waals surface area contributed by atoms with Crippen molar-refractivity contribution in [3.8, 4) is 0 Å². The highest BCUT2D eigenvalue weighted by atomic mass is 16.2. The first-order valence-electron chi connectivity index (χ1n) is 9.49. The summed E-state index contributed by atoms with van der Waals surface area (Å²) in [5.74, 6) is 1.06. The number of amides is 1. The molecule has 0 spiro atoms. The van der Waals surface area contributed by atoms with E-state index in [2.05, 4.69) is 20.2 Å². The summed E-state index contributed by atoms with van der Waals surface area (Å²) in [7, 11) is 0. The molecule has 8 nitrogen and oxygen atoms in total. The molecule has 1 amide bonds. The van der Waals surface area contributed by atoms with Gasteiger partial charge in [0.1, 0.15) is 11.3 Å². The summed E-state index contributed by atoms with van der Waals surface area (Å²) in [6.07, 6.45) is 2.74. The lowest BCUT2D eigenvalue weighted by molar-refractivity contribution is -0.131. The molecular weight excluding hydrogens is 356 g/mol. The minimum absolute atomic E-state index is 0.113. The molecule has 2 aromatic heterocycles. The summed E-state index contributed by atoms with van der Waals surface area (Å²) in [5.41, 5.74) is 0.424. The molecule has 8 heteroatoms. The van der Waals surface area contributed by atoms with E-state index in [4.69, 9.17) is 0 Å². The predicted octanol–water partition coefficient (Wildman–Crippen LogP) is 1.32. The number of aryl methyl sites for hydroxylation is 1. The molecule has 0 saturated carbocycles. The normalized spacial score (nSPS) is 14.4. The van der Waals surface area contributed by atoms with E-state index < -0.39 is 0 Å². The Morgan fingerprint density at radius 3 is 2.57 bits per heavy atom. The Labute approximate surface area is 162 Å². The zero-order valence-electron chi connectivity index (χ0n) is 15.6. The van der Waals surface area contributed by atoms with Crippen LogP contribution < -0.4 is 10.5 Å². The third kappa shape index (κ3) is 3.85. The van der Waals surface area contributed by atoms with Gasteiger partial charge in [-0.3, -0.25) is 9.59 Å². The number of piperazine rings is 1. The fraction of sp³-hybridized carbons (Fsp3) is 0.350. The third-order valence-electron chi connectivity index (χ3n) is 5.00. The Balaban J connectivity index is 1.29. The van der Waals surface area contributed by atoms with E-state index in [1.807, 2.05) is 35.2 Å². The molecule has 1 aliphatic rings. The molecular formula is C20H22N6O2. The summed E-state index contributed by atoms with van der Waals surface area (Å²) < 4.78 is 1.34. The van der Waals surface area contributed by atoms with Crippen molar-refractivity contribution in [3.63, 3.8) is 0 Å². The zero-order chi connectivity index (χ0) is 19.3. The van der Waals surface area contributed by atoms with E-state index in [0.717, 1.165) is 18.9 Å². The number of anilines is 1. The number of pyridine rings is 1. The van der Waals surface area contributed by atoms with Crippen LogP contribution in [0.1, 0.15) is 12.8 Å². The Bertz CT molecular complexity index is 1010. The minimum Gasteiger partial charge on any atom is -0.353 e. The zero-order valence-corrected chi connectivity index (χ0v) is 15.6. The van der Waals surface area contributed by atoms with Crippen LogP contribution in [0.3, 0.4) is 0 Å². The lowest BCUT2D eigenvalue weighted by Gasteiger charge is -2.35. The van der Waals surface area contributed by atoms with Gasteiger partial charge in [0, 0.05) is 45.3 Å². The Morgan fingerprint density at radius 2 is 1.79 bits per heavy atom. The topological polar surface area (TPSA) is 84.2 Å². The Morgan fingerprint density at radius 1 is 1.00 bits per heavy atom. The fourth-order valence-corrected chi connectivity index (χ4v) is 3.43. The van der Waals surface area contributed by atoms with Crippen molar-refractivity contribution in [2.75, 3.05) is 31.1 Å². The molecule has 1 aliphatic heterocycles. The van der Waals surface area contributed by atoms with Crippen molar-refractivity contribution in [2.24, 2.45) is 0 Å². The van der Waals surface area contributed by atoms with Gasteiger partial charge in [-0.25, -0.2) is 9.67 Å². The molecule has 0 atom stereocenters. The number of fused-ring (bicyclic) bond motifs is 1. The number of aromatic nitrogens is 4. The quantitative estimate of drug-likeness (QED) is 0.666. The number of nitrogens with zero attached hydrogens (tertiary/aromatic N) is 6. The number of benzene rings is 1. The first kappa shape index (κ1) is 18.1. The first-order valence-corrected chi connectivity index (χ1v) is 9.49. The lowest BCUT2D eigenvalue weighted by Crippen LogP contribution is -2.49. The van der Waals surface area contributed by atoms with Crippen LogP contribution in [0.15, 0.2) is 53.5 Å². The van der Waals surface area contributed by atoms with E-state index >= 15 is 0 Å². The van der Waals surface area contributed by atoms with Crippen LogP contribution in [0, 0.1) is 0 Å². The van der Waals surface area contributed by atoms with Crippen molar-refractivity contribution >= 4 is 22.6 Å². The summed E-state index contributed by atoms with van der Waals surface area (Å²) in [6.45, 7) is 3.31. The molecule has 0 aliphatic carbocycles. The SMILES string of the molecule is O=C(CCCn1nnc2ccccc2c1=O)N1CCN(c2ccccn2)CC1. The molecule has 0 radical (unpaired) electrons. The summed E-state index contributed by atoms with van der Waals surface area (Å²) >= 11 is 0. The van der Waals surface area contributed by atoms with E-state index in [9.17, 15) is 9.59 Å². The molecule has 3 heterocycles. The number of carbonyl (C=O) groups excluding carboxylic acids is 1. The van der Waals surface area contributed by atoms with E-state index in [1.54, 1.807) is 18.3 Å². The lowest BCUT2D eigenvalue weighted by atomic mass is 10.2. The van der Waals surface area contributed by atoms with Crippen molar-refractivity contribution in [3.05, 3.63) is 59.0 Å². The maximum absolute atomic E-state index is 12.5. The van der Waals surface area contributed by atoms with Gasteiger partial charge < -0.3 is 9.80 Å². The maximum atomic E-state index is 12.5. The third-order valence-corrected chi connectivity index (χ3v) is 5.00. The second kappa shape index (κ2) is 8.16. The molecule has 0 unspecified atom stereocenters. The molecule has 1 fully saturated rings. The molecule has 1 saturated heterocycles. The van der Waals surface area contributed by atoms with Gasteiger partial charge in [0.15, 0.2) is 0 Å². The second-order valence-electron chi connectivity index (χ2n) is 6.79. The Kier molecular flexibility index (Phi) is 5.27. The highest BCUT2D eigenvalue weighted by Crippen LogP contribution is 2.13. The molecule has 0 bridgehead atoms. The minimum atomic E-state index is -0.165. The second-order valence-corrected chi connectivity index (χ2v) is 6.79. The van der Waals surface area contributed by atoms with Crippen LogP contribution in [0.5, 0.6) is 0 Å². The summed E-state index contributed by atoms with van der Waals surface area (Å²) in [5, 5.41) is 8.60. The van der Waals surface area contributed by atoms with E-state index in [-0.39, 0.29) is 11.5 Å². The van der Waals surface area contributed by atoms with E-state index in [1.165, 1.54) is 4.68 Å². The standard InChI is InChI=1S/C20H22N6O2/c27-19(25-14-12-24(13-15-25)18-8-3-4-10-21-18)9-5-11-26-20(28)16-6-1-2-7-17(16)22-23-26/h1-4,6-8,10H,5,9,11-15H2. The van der Waals surface area contributed by atoms with Crippen molar-refractivity contribution in [2.45, 2.75) is 19.4 Å². The predicted molar refractivity (Wildman–Crippen MR) is 106 cm³/mol. The van der Waals surface area contributed by atoms with Gasteiger partial charge in [-0.15, -0.1) is 5.10 Å². The van der Waals surface area contributed by atoms with Crippen LogP contribution in [-0.2, 0) is 11.3 Å². The first-order chi connectivity index (χ1) is 13.7. The van der Waals surface area contributed by atoms with Crippen LogP contribution >= 0.6 is 0 Å². The van der Waals surface area contributed by atoms with Gasteiger partial charge in [-0.2, -0.15) is 0 Å². The molecule has 0 N–H and O–H groups in total. The van der Waals surface area contributed by atoms with Crippen molar-refractivity contribution in [1.82, 2.24) is 24.9 Å². The largest absolute Gasteiger partial charge is 0.353 e. The van der Waals surface area contributed by atoms with Gasteiger partial charge >= 0.3 is 0 Å². The van der Waals surface area contributed by atoms with E-state index in [0.29, 0.717) is 43.4 Å². The van der Waals surface area contributed by atoms with Crippen LogP contribution in [0.4, 0.5) is 5.82 Å². The van der Waals surface area contributed by atoms with Gasteiger partial charge in [0.25, 0.3) is 5.56 Å². The molecule has 144 valence electrons. The summed E-state index contributed by atoms with van der Waals surface area (Å²) in [6, 6.07) is 13.0. The molecule has 28 heavy (non-hydrogen) atoms. The number of rotatable bonds is 5. The van der Waals surface area contributed by atoms with Gasteiger partial charge in [0.2, 0.25) is 5.91 Å². The monoisotopic (exact) mass is 378 g/mol. The number of hydrogen-bond donors (Lipinski definition) is 0. The highest BCUT2D eigenvalue weighted by molar-refractivity contribution is 5.77. The number of carbonyl (C=O) groups is 1. The average Bonchev–Trinajstić information content (AvgIpc) is 2.76. The van der Waals surface area contributed by atoms with Crippen LogP contribution in [0.2, 0.25) is 0 Å². The van der Waals surface area contributed by atoms with Gasteiger partial charge in [-0.05, 0) is 30.7 Å². The summed E-state index contributed by atoms with van der Waals surface area (Å²) in [4.78, 5) is 33.4. The molecule has 4 rings (SSSR count). The average molecular weight is 378 g/mol.